The van der Waals surface area contributed by atoms with Gasteiger partial charge >= 0.3 is 0 Å². The molecule has 0 aromatic heterocycles. The Kier molecular flexibility index (Phi) is 6.04. The molecule has 1 saturated carbocycles. The van der Waals surface area contributed by atoms with Gasteiger partial charge in [-0.3, -0.25) is 0 Å². The third-order valence-electron chi connectivity index (χ3n) is 4.33. The minimum atomic E-state index is 1.04. The maximum Gasteiger partial charge on any atom is -0.0184 e. The fraction of sp³-hybridized carbons (Fsp3) is 0.429. The Morgan fingerprint density at radius 2 is 1.00 bits per heavy atom. The van der Waals surface area contributed by atoms with Gasteiger partial charge in [0.1, 0.15) is 0 Å². The normalized spacial score (nSPS) is 15.2. The van der Waals surface area contributed by atoms with E-state index >= 15 is 0 Å². The fourth-order valence-corrected chi connectivity index (χ4v) is 2.80. The molecule has 0 radical (unpaired) electrons. The van der Waals surface area contributed by atoms with E-state index in [9.17, 15) is 0 Å². The Labute approximate surface area is 130 Å². The van der Waals surface area contributed by atoms with Gasteiger partial charge in [-0.25, -0.2) is 0 Å². The van der Waals surface area contributed by atoms with Gasteiger partial charge in [0.2, 0.25) is 0 Å². The molecule has 3 rings (SSSR count). The van der Waals surface area contributed by atoms with Crippen molar-refractivity contribution in [2.75, 3.05) is 0 Å². The Morgan fingerprint density at radius 1 is 0.619 bits per heavy atom. The van der Waals surface area contributed by atoms with Crippen LogP contribution in [0.15, 0.2) is 48.5 Å². The second-order valence-electron chi connectivity index (χ2n) is 6.48. The van der Waals surface area contributed by atoms with E-state index in [1.54, 1.807) is 0 Å². The van der Waals surface area contributed by atoms with E-state index in [1.165, 1.54) is 54.4 Å². The molecule has 0 atom stereocenters. The Bertz CT molecular complexity index is 469. The van der Waals surface area contributed by atoms with Crippen LogP contribution in [0.5, 0.6) is 0 Å². The standard InChI is InChI=1S/C14H14.C7H14/c1-11-3-7-13(8-4-11)14-9-5-12(2)6-10-14;1-7-5-3-2-4-6-7/h3-10H,1-2H3;7H,2-6H2,1H3. The first kappa shape index (κ1) is 15.8. The van der Waals surface area contributed by atoms with Crippen molar-refractivity contribution in [3.05, 3.63) is 59.7 Å². The maximum atomic E-state index is 2.36. The van der Waals surface area contributed by atoms with Crippen LogP contribution in [0.25, 0.3) is 11.1 Å². The van der Waals surface area contributed by atoms with Gasteiger partial charge < -0.3 is 0 Å². The molecule has 0 heterocycles. The highest BCUT2D eigenvalue weighted by molar-refractivity contribution is 5.63. The molecule has 0 saturated heterocycles. The SMILES string of the molecule is CC1CCCCC1.Cc1ccc(-c2ccc(C)cc2)cc1. The van der Waals surface area contributed by atoms with Gasteiger partial charge in [-0.15, -0.1) is 0 Å². The average Bonchev–Trinajstić information content (AvgIpc) is 2.50. The molecule has 1 fully saturated rings. The van der Waals surface area contributed by atoms with Crippen LogP contribution in [0.1, 0.15) is 50.2 Å². The van der Waals surface area contributed by atoms with Gasteiger partial charge in [-0.05, 0) is 30.9 Å². The van der Waals surface area contributed by atoms with Crippen LogP contribution in [-0.2, 0) is 0 Å². The minimum Gasteiger partial charge on any atom is -0.0625 e. The molecule has 1 aliphatic carbocycles. The third kappa shape index (κ3) is 5.38. The first-order valence-electron chi connectivity index (χ1n) is 8.29. The summed E-state index contributed by atoms with van der Waals surface area (Å²) < 4.78 is 0. The van der Waals surface area contributed by atoms with E-state index in [2.05, 4.69) is 69.3 Å². The summed E-state index contributed by atoms with van der Waals surface area (Å²) in [4.78, 5) is 0. The Hall–Kier alpha value is -1.56. The second kappa shape index (κ2) is 8.02. The molecular formula is C21H28. The molecule has 1 aliphatic rings. The van der Waals surface area contributed by atoms with Crippen LogP contribution in [0, 0.1) is 19.8 Å². The number of benzene rings is 2. The molecule has 0 heteroatoms. The predicted octanol–water partition coefficient (Wildman–Crippen LogP) is 6.56. The number of rotatable bonds is 1. The molecule has 0 spiro atoms. The molecule has 0 N–H and O–H groups in total. The van der Waals surface area contributed by atoms with Gasteiger partial charge in [-0.1, -0.05) is 98.7 Å². The van der Waals surface area contributed by atoms with E-state index in [-0.39, 0.29) is 0 Å². The van der Waals surface area contributed by atoms with Gasteiger partial charge in [-0.2, -0.15) is 0 Å². The van der Waals surface area contributed by atoms with Crippen molar-refractivity contribution < 1.29 is 0 Å². The molecule has 0 nitrogen and oxygen atoms in total. The van der Waals surface area contributed by atoms with Crippen molar-refractivity contribution in [2.24, 2.45) is 5.92 Å². The number of hydrogen-bond donors (Lipinski definition) is 0. The Morgan fingerprint density at radius 3 is 1.29 bits per heavy atom. The Balaban J connectivity index is 0.000000194. The highest BCUT2D eigenvalue weighted by Crippen LogP contribution is 2.22. The lowest BCUT2D eigenvalue weighted by Gasteiger charge is -2.15. The monoisotopic (exact) mass is 280 g/mol. The highest BCUT2D eigenvalue weighted by Gasteiger charge is 2.05. The summed E-state index contributed by atoms with van der Waals surface area (Å²) in [6.07, 6.45) is 7.44. The van der Waals surface area contributed by atoms with Crippen molar-refractivity contribution in [2.45, 2.75) is 52.9 Å². The van der Waals surface area contributed by atoms with Gasteiger partial charge in [0.05, 0.1) is 0 Å². The largest absolute Gasteiger partial charge is 0.0625 e. The topological polar surface area (TPSA) is 0 Å². The molecule has 2 aromatic carbocycles. The number of hydrogen-bond acceptors (Lipinski definition) is 0. The molecule has 112 valence electrons. The smallest absolute Gasteiger partial charge is 0.0184 e. The molecule has 0 aliphatic heterocycles. The van der Waals surface area contributed by atoms with Crippen LogP contribution in [0.4, 0.5) is 0 Å². The second-order valence-corrected chi connectivity index (χ2v) is 6.48. The summed E-state index contributed by atoms with van der Waals surface area (Å²) in [6, 6.07) is 17.3. The molecule has 0 unspecified atom stereocenters. The zero-order valence-corrected chi connectivity index (χ0v) is 13.7. The zero-order valence-electron chi connectivity index (χ0n) is 13.7. The van der Waals surface area contributed by atoms with E-state index in [0.29, 0.717) is 0 Å². The average molecular weight is 280 g/mol. The zero-order chi connectivity index (χ0) is 15.1. The lowest BCUT2D eigenvalue weighted by Crippen LogP contribution is -1.99. The van der Waals surface area contributed by atoms with Crippen molar-refractivity contribution in [3.63, 3.8) is 0 Å². The van der Waals surface area contributed by atoms with E-state index in [1.807, 2.05) is 0 Å². The summed E-state index contributed by atoms with van der Waals surface area (Å²) in [5.74, 6) is 1.04. The fourth-order valence-electron chi connectivity index (χ4n) is 2.80. The molecule has 21 heavy (non-hydrogen) atoms. The van der Waals surface area contributed by atoms with Crippen molar-refractivity contribution in [1.82, 2.24) is 0 Å². The summed E-state index contributed by atoms with van der Waals surface area (Å²) in [5.41, 5.74) is 5.19. The lowest BCUT2D eigenvalue weighted by molar-refractivity contribution is 0.385. The van der Waals surface area contributed by atoms with Crippen LogP contribution >= 0.6 is 0 Å². The molecule has 0 amide bonds. The summed E-state index contributed by atoms with van der Waals surface area (Å²) >= 11 is 0. The van der Waals surface area contributed by atoms with Crippen molar-refractivity contribution in [1.29, 1.82) is 0 Å². The first-order valence-corrected chi connectivity index (χ1v) is 8.29. The summed E-state index contributed by atoms with van der Waals surface area (Å²) in [5, 5.41) is 0. The minimum absolute atomic E-state index is 1.04. The van der Waals surface area contributed by atoms with Gasteiger partial charge in [0.25, 0.3) is 0 Å². The van der Waals surface area contributed by atoms with Crippen LogP contribution in [-0.4, -0.2) is 0 Å². The third-order valence-corrected chi connectivity index (χ3v) is 4.33. The number of aryl methyl sites for hydroxylation is 2. The van der Waals surface area contributed by atoms with Gasteiger partial charge in [0, 0.05) is 0 Å². The highest BCUT2D eigenvalue weighted by atomic mass is 14.1. The van der Waals surface area contributed by atoms with Crippen molar-refractivity contribution in [3.8, 4) is 11.1 Å². The predicted molar refractivity (Wildman–Crippen MR) is 93.6 cm³/mol. The van der Waals surface area contributed by atoms with Gasteiger partial charge in [0.15, 0.2) is 0 Å². The summed E-state index contributed by atoms with van der Waals surface area (Å²) in [6.45, 7) is 6.58. The van der Waals surface area contributed by atoms with E-state index in [0.717, 1.165) is 5.92 Å². The van der Waals surface area contributed by atoms with E-state index in [4.69, 9.17) is 0 Å². The first-order chi connectivity index (χ1) is 10.1. The summed E-state index contributed by atoms with van der Waals surface area (Å²) in [7, 11) is 0. The van der Waals surface area contributed by atoms with Crippen LogP contribution in [0.3, 0.4) is 0 Å². The van der Waals surface area contributed by atoms with E-state index < -0.39 is 0 Å². The maximum absolute atomic E-state index is 2.36. The van der Waals surface area contributed by atoms with Crippen LogP contribution < -0.4 is 0 Å². The quantitative estimate of drug-likeness (QED) is 0.555. The van der Waals surface area contributed by atoms with Crippen LogP contribution in [0.2, 0.25) is 0 Å². The lowest BCUT2D eigenvalue weighted by atomic mass is 9.91. The molecule has 0 bridgehead atoms. The van der Waals surface area contributed by atoms with Crippen molar-refractivity contribution >= 4 is 0 Å². The molecule has 2 aromatic rings. The molecular weight excluding hydrogens is 252 g/mol.